The highest BCUT2D eigenvalue weighted by Gasteiger charge is 2.21. The average Bonchev–Trinajstić information content (AvgIpc) is 2.86. The summed E-state index contributed by atoms with van der Waals surface area (Å²) in [5.74, 6) is 0.223. The Bertz CT molecular complexity index is 658. The molecular weight excluding hydrogens is 382 g/mol. The number of benzene rings is 1. The first-order valence-electron chi connectivity index (χ1n) is 5.89. The smallest absolute Gasteiger partial charge is 0.206 e. The third-order valence-electron chi connectivity index (χ3n) is 2.65. The van der Waals surface area contributed by atoms with Crippen molar-refractivity contribution in [2.45, 2.75) is 16.7 Å². The van der Waals surface area contributed by atoms with Crippen LogP contribution in [0.4, 0.5) is 0 Å². The molecule has 0 radical (unpaired) electrons. The Balaban J connectivity index is 2.10. The van der Waals surface area contributed by atoms with Gasteiger partial charge in [0.15, 0.2) is 0 Å². The van der Waals surface area contributed by atoms with Crippen LogP contribution < -0.4 is 4.72 Å². The van der Waals surface area contributed by atoms with Gasteiger partial charge in [-0.2, -0.15) is 0 Å². The highest BCUT2D eigenvalue weighted by atomic mass is 79.9. The van der Waals surface area contributed by atoms with Crippen LogP contribution in [-0.4, -0.2) is 20.3 Å². The van der Waals surface area contributed by atoms with Crippen molar-refractivity contribution < 1.29 is 8.42 Å². The highest BCUT2D eigenvalue weighted by Crippen LogP contribution is 2.26. The summed E-state index contributed by atoms with van der Waals surface area (Å²) in [5.41, 5.74) is 1.05. The molecular formula is C13H13BrClNO2S2. The van der Waals surface area contributed by atoms with Crippen molar-refractivity contribution in [1.29, 1.82) is 0 Å². The van der Waals surface area contributed by atoms with Crippen molar-refractivity contribution in [3.05, 3.63) is 51.8 Å². The Labute approximate surface area is 136 Å². The lowest BCUT2D eigenvalue weighted by atomic mass is 10.1. The van der Waals surface area contributed by atoms with Crippen LogP contribution in [-0.2, 0) is 16.4 Å². The monoisotopic (exact) mass is 393 g/mol. The molecule has 0 spiro atoms. The van der Waals surface area contributed by atoms with Crippen LogP contribution >= 0.6 is 38.9 Å². The summed E-state index contributed by atoms with van der Waals surface area (Å²) in [6.45, 7) is 0. The number of alkyl halides is 1. The molecule has 108 valence electrons. The molecule has 2 aromatic rings. The van der Waals surface area contributed by atoms with Gasteiger partial charge in [-0.15, -0.1) is 22.9 Å². The van der Waals surface area contributed by atoms with Crippen molar-refractivity contribution in [3.63, 3.8) is 0 Å². The molecule has 1 aromatic carbocycles. The van der Waals surface area contributed by atoms with Crippen LogP contribution in [0.5, 0.6) is 0 Å². The van der Waals surface area contributed by atoms with Crippen LogP contribution in [0.15, 0.2) is 50.5 Å². The Morgan fingerprint density at radius 2 is 1.90 bits per heavy atom. The first kappa shape index (κ1) is 16.0. The highest BCUT2D eigenvalue weighted by molar-refractivity contribution is 9.11. The molecule has 0 saturated carbocycles. The van der Waals surface area contributed by atoms with E-state index in [2.05, 4.69) is 20.7 Å². The number of thiophene rings is 1. The van der Waals surface area contributed by atoms with Gasteiger partial charge in [0.05, 0.1) is 3.79 Å². The summed E-state index contributed by atoms with van der Waals surface area (Å²) in [4.78, 5) is 0. The summed E-state index contributed by atoms with van der Waals surface area (Å²) >= 11 is 10.3. The number of halogens is 2. The Kier molecular flexibility index (Phi) is 5.63. The maximum Gasteiger partial charge on any atom is 0.250 e. The first-order valence-corrected chi connectivity index (χ1v) is 9.51. The van der Waals surface area contributed by atoms with E-state index < -0.39 is 10.0 Å². The van der Waals surface area contributed by atoms with E-state index in [0.717, 1.165) is 9.35 Å². The molecule has 1 N–H and O–H groups in total. The summed E-state index contributed by atoms with van der Waals surface area (Å²) in [7, 11) is -3.52. The lowest BCUT2D eigenvalue weighted by Crippen LogP contribution is -2.37. The van der Waals surface area contributed by atoms with Gasteiger partial charge in [0.25, 0.3) is 0 Å². The summed E-state index contributed by atoms with van der Waals surface area (Å²) in [6.07, 6.45) is 0.566. The molecule has 1 atom stereocenters. The fraction of sp³-hybridized carbons (Fsp3) is 0.231. The standard InChI is InChI=1S/C13H13BrClNO2S2/c14-12-6-7-13(19-12)20(17,18)16-11(9-15)8-10-4-2-1-3-5-10/h1-7,11,16H,8-9H2. The van der Waals surface area contributed by atoms with Crippen molar-refractivity contribution in [3.8, 4) is 0 Å². The minimum absolute atomic E-state index is 0.223. The molecule has 0 amide bonds. The average molecular weight is 395 g/mol. The lowest BCUT2D eigenvalue weighted by molar-refractivity contribution is 0.563. The molecule has 0 fully saturated rings. The largest absolute Gasteiger partial charge is 0.250 e. The van der Waals surface area contributed by atoms with Crippen molar-refractivity contribution >= 4 is 48.9 Å². The Morgan fingerprint density at radius 1 is 1.20 bits per heavy atom. The van der Waals surface area contributed by atoms with E-state index in [4.69, 9.17) is 11.6 Å². The molecule has 20 heavy (non-hydrogen) atoms. The minimum atomic E-state index is -3.52. The van der Waals surface area contributed by atoms with E-state index in [0.29, 0.717) is 6.42 Å². The van der Waals surface area contributed by atoms with Gasteiger partial charge in [-0.05, 0) is 40.0 Å². The number of hydrogen-bond donors (Lipinski definition) is 1. The second kappa shape index (κ2) is 7.04. The van der Waals surface area contributed by atoms with Gasteiger partial charge >= 0.3 is 0 Å². The third kappa shape index (κ3) is 4.30. The van der Waals surface area contributed by atoms with Crippen molar-refractivity contribution in [2.75, 3.05) is 5.88 Å². The van der Waals surface area contributed by atoms with E-state index >= 15 is 0 Å². The fourth-order valence-electron chi connectivity index (χ4n) is 1.75. The van der Waals surface area contributed by atoms with Crippen LogP contribution in [0.2, 0.25) is 0 Å². The van der Waals surface area contributed by atoms with E-state index in [1.807, 2.05) is 30.3 Å². The zero-order chi connectivity index (χ0) is 14.6. The van der Waals surface area contributed by atoms with Crippen LogP contribution in [0.3, 0.4) is 0 Å². The van der Waals surface area contributed by atoms with Crippen LogP contribution in [0.1, 0.15) is 5.56 Å². The summed E-state index contributed by atoms with van der Waals surface area (Å²) in [6, 6.07) is 12.6. The lowest BCUT2D eigenvalue weighted by Gasteiger charge is -2.15. The van der Waals surface area contributed by atoms with Gasteiger partial charge in [-0.1, -0.05) is 30.3 Å². The van der Waals surface area contributed by atoms with Gasteiger partial charge in [0.1, 0.15) is 4.21 Å². The summed E-state index contributed by atoms with van der Waals surface area (Å²) < 4.78 is 28.2. The maximum absolute atomic E-state index is 12.2. The van der Waals surface area contributed by atoms with Gasteiger partial charge in [0, 0.05) is 11.9 Å². The third-order valence-corrected chi connectivity index (χ3v) is 6.65. The second-order valence-electron chi connectivity index (χ2n) is 4.22. The Hall–Kier alpha value is -0.400. The number of nitrogens with one attached hydrogen (secondary N) is 1. The first-order chi connectivity index (χ1) is 9.51. The molecule has 1 unspecified atom stereocenters. The molecule has 1 aromatic heterocycles. The summed E-state index contributed by atoms with van der Waals surface area (Å²) in [5, 5.41) is 0. The van der Waals surface area contributed by atoms with E-state index in [1.165, 1.54) is 11.3 Å². The minimum Gasteiger partial charge on any atom is -0.206 e. The zero-order valence-electron chi connectivity index (χ0n) is 10.4. The molecule has 1 heterocycles. The van der Waals surface area contributed by atoms with Crippen molar-refractivity contribution in [1.82, 2.24) is 4.72 Å². The fourth-order valence-corrected chi connectivity index (χ4v) is 5.29. The second-order valence-corrected chi connectivity index (χ2v) is 8.93. The predicted octanol–water partition coefficient (Wildman–Crippen LogP) is 3.64. The van der Waals surface area contributed by atoms with Gasteiger partial charge in [-0.25, -0.2) is 13.1 Å². The van der Waals surface area contributed by atoms with Crippen molar-refractivity contribution in [2.24, 2.45) is 0 Å². The zero-order valence-corrected chi connectivity index (χ0v) is 14.4. The number of sulfonamides is 1. The van der Waals surface area contributed by atoms with E-state index in [1.54, 1.807) is 12.1 Å². The van der Waals surface area contributed by atoms with Crippen LogP contribution in [0, 0.1) is 0 Å². The van der Waals surface area contributed by atoms with Gasteiger partial charge in [-0.3, -0.25) is 0 Å². The quantitative estimate of drug-likeness (QED) is 0.760. The van der Waals surface area contributed by atoms with Gasteiger partial charge in [0.2, 0.25) is 10.0 Å². The molecule has 3 nitrogen and oxygen atoms in total. The molecule has 0 aliphatic heterocycles. The molecule has 2 rings (SSSR count). The number of rotatable bonds is 6. The molecule has 0 saturated heterocycles. The molecule has 0 bridgehead atoms. The van der Waals surface area contributed by atoms with E-state index in [9.17, 15) is 8.42 Å². The Morgan fingerprint density at radius 3 is 2.45 bits per heavy atom. The molecule has 0 aliphatic rings. The van der Waals surface area contributed by atoms with Gasteiger partial charge < -0.3 is 0 Å². The SMILES string of the molecule is O=S(=O)(NC(CCl)Cc1ccccc1)c1ccc(Br)s1. The number of hydrogen-bond acceptors (Lipinski definition) is 3. The van der Waals surface area contributed by atoms with E-state index in [-0.39, 0.29) is 16.1 Å². The van der Waals surface area contributed by atoms with Crippen LogP contribution in [0.25, 0.3) is 0 Å². The topological polar surface area (TPSA) is 46.2 Å². The molecule has 0 aliphatic carbocycles. The normalized spacial score (nSPS) is 13.3. The predicted molar refractivity (Wildman–Crippen MR) is 87.0 cm³/mol. The molecule has 7 heteroatoms. The maximum atomic E-state index is 12.2.